The fraction of sp³-hybridized carbons (Fsp3) is 0.375. The van der Waals surface area contributed by atoms with Crippen LogP contribution in [0.2, 0.25) is 0 Å². The lowest BCUT2D eigenvalue weighted by molar-refractivity contribution is 0.404. The maximum absolute atomic E-state index is 5.45. The number of aryl methyl sites for hydroxylation is 1. The van der Waals surface area contributed by atoms with E-state index in [0.29, 0.717) is 6.04 Å². The van der Waals surface area contributed by atoms with Crippen molar-refractivity contribution in [1.29, 1.82) is 0 Å². The Hall–Kier alpha value is -1.20. The van der Waals surface area contributed by atoms with E-state index in [1.165, 1.54) is 27.1 Å². The minimum absolute atomic E-state index is 0.331. The molecule has 3 nitrogen and oxygen atoms in total. The Balaban J connectivity index is 1.90. The zero-order chi connectivity index (χ0) is 14.8. The summed E-state index contributed by atoms with van der Waals surface area (Å²) < 4.78 is 12.0. The van der Waals surface area contributed by atoms with Crippen LogP contribution in [-0.4, -0.2) is 14.2 Å². The van der Waals surface area contributed by atoms with Crippen LogP contribution in [0.1, 0.15) is 29.3 Å². The van der Waals surface area contributed by atoms with Crippen LogP contribution in [0, 0.1) is 0 Å². The largest absolute Gasteiger partial charge is 0.497 e. The van der Waals surface area contributed by atoms with E-state index in [-0.39, 0.29) is 0 Å². The van der Waals surface area contributed by atoms with Gasteiger partial charge in [0, 0.05) is 10.9 Å². The molecule has 0 bridgehead atoms. The highest BCUT2D eigenvalue weighted by Gasteiger charge is 2.23. The molecule has 1 atom stereocenters. The van der Waals surface area contributed by atoms with Gasteiger partial charge in [-0.3, -0.25) is 0 Å². The van der Waals surface area contributed by atoms with Crippen molar-refractivity contribution in [3.05, 3.63) is 38.5 Å². The van der Waals surface area contributed by atoms with Gasteiger partial charge in [-0.2, -0.15) is 0 Å². The van der Waals surface area contributed by atoms with Crippen molar-refractivity contribution in [2.24, 2.45) is 0 Å². The van der Waals surface area contributed by atoms with Gasteiger partial charge in [0.15, 0.2) is 0 Å². The van der Waals surface area contributed by atoms with Gasteiger partial charge in [-0.05, 0) is 59.0 Å². The third-order valence-electron chi connectivity index (χ3n) is 3.82. The van der Waals surface area contributed by atoms with E-state index < -0.39 is 0 Å². The van der Waals surface area contributed by atoms with Gasteiger partial charge in [0.2, 0.25) is 0 Å². The van der Waals surface area contributed by atoms with Crippen molar-refractivity contribution in [3.63, 3.8) is 0 Å². The molecule has 0 spiro atoms. The van der Waals surface area contributed by atoms with Crippen molar-refractivity contribution in [2.75, 3.05) is 19.5 Å². The first-order valence-electron chi connectivity index (χ1n) is 6.98. The molecule has 5 heteroatoms. The molecule has 3 rings (SSSR count). The molecule has 1 heterocycles. The van der Waals surface area contributed by atoms with Crippen LogP contribution in [-0.2, 0) is 6.42 Å². The van der Waals surface area contributed by atoms with Crippen LogP contribution in [0.3, 0.4) is 0 Å². The Morgan fingerprint density at radius 1 is 1.24 bits per heavy atom. The number of fused-ring (bicyclic) bond motifs is 1. The quantitative estimate of drug-likeness (QED) is 0.822. The third-order valence-corrected chi connectivity index (χ3v) is 5.53. The molecule has 1 unspecified atom stereocenters. The van der Waals surface area contributed by atoms with Gasteiger partial charge in [0.1, 0.15) is 11.5 Å². The van der Waals surface area contributed by atoms with Crippen LogP contribution in [0.4, 0.5) is 5.69 Å². The summed E-state index contributed by atoms with van der Waals surface area (Å²) in [7, 11) is 3.38. The fourth-order valence-corrected chi connectivity index (χ4v) is 4.61. The van der Waals surface area contributed by atoms with E-state index in [2.05, 4.69) is 27.3 Å². The second-order valence-electron chi connectivity index (χ2n) is 5.08. The zero-order valence-corrected chi connectivity index (χ0v) is 14.5. The van der Waals surface area contributed by atoms with Gasteiger partial charge >= 0.3 is 0 Å². The second-order valence-corrected chi connectivity index (χ2v) is 7.60. The highest BCUT2D eigenvalue weighted by molar-refractivity contribution is 9.11. The SMILES string of the molecule is COc1ccc(OC)c(NC2CCCc3sc(Br)cc32)c1. The van der Waals surface area contributed by atoms with Gasteiger partial charge < -0.3 is 14.8 Å². The predicted octanol–water partition coefficient (Wildman–Crippen LogP) is 5.02. The molecular formula is C16H18BrNO2S. The highest BCUT2D eigenvalue weighted by Crippen LogP contribution is 2.41. The number of anilines is 1. The van der Waals surface area contributed by atoms with E-state index in [9.17, 15) is 0 Å². The number of rotatable bonds is 4. The maximum Gasteiger partial charge on any atom is 0.142 e. The Morgan fingerprint density at radius 3 is 2.86 bits per heavy atom. The lowest BCUT2D eigenvalue weighted by Crippen LogP contribution is -2.16. The average molecular weight is 368 g/mol. The predicted molar refractivity (Wildman–Crippen MR) is 90.9 cm³/mol. The molecule has 0 radical (unpaired) electrons. The van der Waals surface area contributed by atoms with Gasteiger partial charge in [0.05, 0.1) is 29.7 Å². The lowest BCUT2D eigenvalue weighted by atomic mass is 9.94. The van der Waals surface area contributed by atoms with E-state index in [1.807, 2.05) is 29.5 Å². The van der Waals surface area contributed by atoms with E-state index in [4.69, 9.17) is 9.47 Å². The fourth-order valence-electron chi connectivity index (χ4n) is 2.79. The van der Waals surface area contributed by atoms with Crippen molar-refractivity contribution in [2.45, 2.75) is 25.3 Å². The van der Waals surface area contributed by atoms with Gasteiger partial charge in [-0.25, -0.2) is 0 Å². The molecule has 112 valence electrons. The van der Waals surface area contributed by atoms with Crippen LogP contribution in [0.5, 0.6) is 11.5 Å². The van der Waals surface area contributed by atoms with Crippen LogP contribution in [0.25, 0.3) is 0 Å². The molecule has 1 aromatic carbocycles. The van der Waals surface area contributed by atoms with Crippen LogP contribution >= 0.6 is 27.3 Å². The first kappa shape index (κ1) is 14.7. The van der Waals surface area contributed by atoms with Crippen molar-refractivity contribution < 1.29 is 9.47 Å². The first-order chi connectivity index (χ1) is 10.2. The Morgan fingerprint density at radius 2 is 2.10 bits per heavy atom. The van der Waals surface area contributed by atoms with Crippen molar-refractivity contribution in [1.82, 2.24) is 0 Å². The van der Waals surface area contributed by atoms with Gasteiger partial charge in [0.25, 0.3) is 0 Å². The summed E-state index contributed by atoms with van der Waals surface area (Å²) in [4.78, 5) is 1.48. The summed E-state index contributed by atoms with van der Waals surface area (Å²) in [6.07, 6.45) is 3.53. The number of methoxy groups -OCH3 is 2. The van der Waals surface area contributed by atoms with Crippen LogP contribution < -0.4 is 14.8 Å². The summed E-state index contributed by atoms with van der Waals surface area (Å²) >= 11 is 5.45. The Kier molecular flexibility index (Phi) is 4.40. The summed E-state index contributed by atoms with van der Waals surface area (Å²) in [5.41, 5.74) is 2.39. The summed E-state index contributed by atoms with van der Waals surface area (Å²) in [6.45, 7) is 0. The number of thiophene rings is 1. The molecule has 0 amide bonds. The molecule has 1 aromatic heterocycles. The third kappa shape index (κ3) is 3.04. The molecule has 0 saturated heterocycles. The minimum atomic E-state index is 0.331. The number of hydrogen-bond acceptors (Lipinski definition) is 4. The molecule has 0 saturated carbocycles. The van der Waals surface area contributed by atoms with Crippen molar-refractivity contribution >= 4 is 33.0 Å². The summed E-state index contributed by atoms with van der Waals surface area (Å²) in [5, 5.41) is 3.63. The van der Waals surface area contributed by atoms with Gasteiger partial charge in [-0.15, -0.1) is 11.3 Å². The second kappa shape index (κ2) is 6.28. The zero-order valence-electron chi connectivity index (χ0n) is 12.1. The molecule has 1 aliphatic rings. The van der Waals surface area contributed by atoms with E-state index in [1.54, 1.807) is 14.2 Å². The standard InChI is InChI=1S/C16H18BrNO2S/c1-19-10-6-7-14(20-2)13(8-10)18-12-4-3-5-15-11(12)9-16(17)21-15/h6-9,12,18H,3-5H2,1-2H3. The molecule has 1 N–H and O–H groups in total. The average Bonchev–Trinajstić information content (AvgIpc) is 2.88. The summed E-state index contributed by atoms with van der Waals surface area (Å²) in [6, 6.07) is 8.42. The smallest absolute Gasteiger partial charge is 0.142 e. The normalized spacial score (nSPS) is 17.2. The van der Waals surface area contributed by atoms with E-state index in [0.717, 1.165) is 23.6 Å². The molecule has 1 aliphatic carbocycles. The van der Waals surface area contributed by atoms with Crippen molar-refractivity contribution in [3.8, 4) is 11.5 Å². The number of ether oxygens (including phenoxy) is 2. The molecule has 21 heavy (non-hydrogen) atoms. The monoisotopic (exact) mass is 367 g/mol. The summed E-state index contributed by atoms with van der Waals surface area (Å²) in [5.74, 6) is 1.68. The Labute approximate surface area is 137 Å². The number of benzene rings is 1. The maximum atomic E-state index is 5.45. The lowest BCUT2D eigenvalue weighted by Gasteiger charge is -2.25. The molecule has 0 aliphatic heterocycles. The molecular weight excluding hydrogens is 350 g/mol. The number of hydrogen-bond donors (Lipinski definition) is 1. The van der Waals surface area contributed by atoms with E-state index >= 15 is 0 Å². The molecule has 0 fully saturated rings. The first-order valence-corrected chi connectivity index (χ1v) is 8.59. The number of halogens is 1. The van der Waals surface area contributed by atoms with Crippen LogP contribution in [0.15, 0.2) is 28.1 Å². The Bertz CT molecular complexity index is 641. The minimum Gasteiger partial charge on any atom is -0.497 e. The van der Waals surface area contributed by atoms with Gasteiger partial charge in [-0.1, -0.05) is 0 Å². The highest BCUT2D eigenvalue weighted by atomic mass is 79.9. The number of nitrogens with one attached hydrogen (secondary N) is 1. The molecule has 2 aromatic rings. The topological polar surface area (TPSA) is 30.5 Å².